The number of hydrogen-bond acceptors (Lipinski definition) is 5. The molecule has 1 heterocycles. The summed E-state index contributed by atoms with van der Waals surface area (Å²) >= 11 is 0. The number of aliphatic imine (C=N–C) groups is 1. The van der Waals surface area contributed by atoms with Crippen molar-refractivity contribution in [3.63, 3.8) is 0 Å². The summed E-state index contributed by atoms with van der Waals surface area (Å²) in [4.78, 5) is 6.03. The van der Waals surface area contributed by atoms with Gasteiger partial charge < -0.3 is 20.5 Å². The molecule has 1 atom stereocenters. The molecule has 0 aliphatic carbocycles. The van der Waals surface area contributed by atoms with Crippen molar-refractivity contribution >= 4 is 5.96 Å². The fourth-order valence-corrected chi connectivity index (χ4v) is 2.00. The van der Waals surface area contributed by atoms with E-state index >= 15 is 0 Å². The Morgan fingerprint density at radius 1 is 1.61 bits per heavy atom. The van der Waals surface area contributed by atoms with E-state index in [1.165, 1.54) is 12.1 Å². The van der Waals surface area contributed by atoms with E-state index in [4.69, 9.17) is 10.5 Å². The summed E-state index contributed by atoms with van der Waals surface area (Å²) in [5.74, 6) is -0.552. The molecule has 1 aliphatic heterocycles. The standard InChI is InChI=1S/C12H16FN3O2/c1-18-5-4-16-10(7-15-12(16)14)8-2-3-11(17)9(13)6-8/h2-3,6,10,17H,4-5,7H2,1H3,(H2,14,15). The zero-order chi connectivity index (χ0) is 13.1. The summed E-state index contributed by atoms with van der Waals surface area (Å²) < 4.78 is 18.4. The van der Waals surface area contributed by atoms with Crippen LogP contribution in [-0.2, 0) is 4.74 Å². The number of benzene rings is 1. The highest BCUT2D eigenvalue weighted by Crippen LogP contribution is 2.28. The van der Waals surface area contributed by atoms with E-state index in [0.29, 0.717) is 25.7 Å². The Labute approximate surface area is 105 Å². The van der Waals surface area contributed by atoms with Crippen molar-refractivity contribution in [1.82, 2.24) is 4.90 Å². The number of hydrogen-bond donors (Lipinski definition) is 2. The molecule has 1 unspecified atom stereocenters. The number of aromatic hydroxyl groups is 1. The van der Waals surface area contributed by atoms with Gasteiger partial charge in [0.25, 0.3) is 0 Å². The van der Waals surface area contributed by atoms with E-state index in [0.717, 1.165) is 5.56 Å². The second-order valence-electron chi connectivity index (χ2n) is 4.11. The van der Waals surface area contributed by atoms with Crippen LogP contribution < -0.4 is 5.73 Å². The summed E-state index contributed by atoms with van der Waals surface area (Å²) in [6.45, 7) is 1.60. The van der Waals surface area contributed by atoms with Crippen LogP contribution in [0.3, 0.4) is 0 Å². The molecule has 0 fully saturated rings. The molecule has 2 rings (SSSR count). The second kappa shape index (κ2) is 5.22. The average molecular weight is 253 g/mol. The maximum atomic E-state index is 13.3. The monoisotopic (exact) mass is 253 g/mol. The van der Waals surface area contributed by atoms with Gasteiger partial charge in [0, 0.05) is 13.7 Å². The van der Waals surface area contributed by atoms with Crippen LogP contribution >= 0.6 is 0 Å². The third-order valence-corrected chi connectivity index (χ3v) is 2.99. The molecule has 1 aromatic rings. The van der Waals surface area contributed by atoms with Gasteiger partial charge >= 0.3 is 0 Å². The molecule has 0 bridgehead atoms. The van der Waals surface area contributed by atoms with Crippen LogP contribution in [0.2, 0.25) is 0 Å². The minimum absolute atomic E-state index is 0.102. The number of nitrogens with zero attached hydrogens (tertiary/aromatic N) is 2. The molecule has 0 spiro atoms. The molecule has 3 N–H and O–H groups in total. The van der Waals surface area contributed by atoms with Crippen molar-refractivity contribution in [1.29, 1.82) is 0 Å². The van der Waals surface area contributed by atoms with Gasteiger partial charge in [-0.3, -0.25) is 4.99 Å². The molecule has 0 radical (unpaired) electrons. The molecule has 0 saturated heterocycles. The van der Waals surface area contributed by atoms with Gasteiger partial charge in [0.1, 0.15) is 0 Å². The first-order valence-electron chi connectivity index (χ1n) is 5.67. The first kappa shape index (κ1) is 12.6. The van der Waals surface area contributed by atoms with E-state index in [-0.39, 0.29) is 11.8 Å². The molecule has 1 aliphatic rings. The Hall–Kier alpha value is -1.82. The van der Waals surface area contributed by atoms with Crippen LogP contribution in [0.4, 0.5) is 4.39 Å². The number of guanidine groups is 1. The van der Waals surface area contributed by atoms with Crippen molar-refractivity contribution < 1.29 is 14.2 Å². The Morgan fingerprint density at radius 3 is 3.06 bits per heavy atom. The maximum Gasteiger partial charge on any atom is 0.192 e. The summed E-state index contributed by atoms with van der Waals surface area (Å²) in [7, 11) is 1.61. The largest absolute Gasteiger partial charge is 0.505 e. The highest BCUT2D eigenvalue weighted by atomic mass is 19.1. The Bertz CT molecular complexity index is 465. The molecule has 6 heteroatoms. The van der Waals surface area contributed by atoms with Crippen molar-refractivity contribution in [3.8, 4) is 5.75 Å². The third-order valence-electron chi connectivity index (χ3n) is 2.99. The lowest BCUT2D eigenvalue weighted by Crippen LogP contribution is -2.38. The van der Waals surface area contributed by atoms with Gasteiger partial charge in [-0.2, -0.15) is 0 Å². The molecular weight excluding hydrogens is 237 g/mol. The van der Waals surface area contributed by atoms with Crippen molar-refractivity contribution in [3.05, 3.63) is 29.6 Å². The zero-order valence-corrected chi connectivity index (χ0v) is 10.1. The fraction of sp³-hybridized carbons (Fsp3) is 0.417. The first-order valence-corrected chi connectivity index (χ1v) is 5.67. The summed E-state index contributed by atoms with van der Waals surface area (Å²) in [5.41, 5.74) is 6.53. The zero-order valence-electron chi connectivity index (χ0n) is 10.1. The van der Waals surface area contributed by atoms with Gasteiger partial charge in [-0.25, -0.2) is 4.39 Å². The maximum absolute atomic E-state index is 13.3. The lowest BCUT2D eigenvalue weighted by Gasteiger charge is -2.26. The minimum atomic E-state index is -0.635. The number of rotatable bonds is 4. The molecule has 5 nitrogen and oxygen atoms in total. The number of nitrogens with two attached hydrogens (primary N) is 1. The summed E-state index contributed by atoms with van der Waals surface area (Å²) in [5, 5.41) is 9.18. The van der Waals surface area contributed by atoms with Crippen LogP contribution in [0.1, 0.15) is 11.6 Å². The highest BCUT2D eigenvalue weighted by Gasteiger charge is 2.27. The van der Waals surface area contributed by atoms with Crippen LogP contribution in [0, 0.1) is 5.82 Å². The number of methoxy groups -OCH3 is 1. The van der Waals surface area contributed by atoms with Crippen LogP contribution in [0.5, 0.6) is 5.75 Å². The normalized spacial score (nSPS) is 19.1. The SMILES string of the molecule is COCCN1C(N)=NCC1c1ccc(O)c(F)c1. The van der Waals surface area contributed by atoms with Crippen LogP contribution in [0.15, 0.2) is 23.2 Å². The number of phenolic OH excluding ortho intramolecular Hbond substituents is 1. The third kappa shape index (κ3) is 2.38. The van der Waals surface area contributed by atoms with E-state index < -0.39 is 5.82 Å². The van der Waals surface area contributed by atoms with Gasteiger partial charge in [-0.15, -0.1) is 0 Å². The topological polar surface area (TPSA) is 71.1 Å². The number of phenols is 1. The Kier molecular flexibility index (Phi) is 3.66. The lowest BCUT2D eigenvalue weighted by molar-refractivity contribution is 0.166. The lowest BCUT2D eigenvalue weighted by atomic mass is 10.1. The van der Waals surface area contributed by atoms with Crippen LogP contribution in [0.25, 0.3) is 0 Å². The van der Waals surface area contributed by atoms with Crippen LogP contribution in [-0.4, -0.2) is 42.8 Å². The number of ether oxygens (including phenoxy) is 1. The predicted molar refractivity (Wildman–Crippen MR) is 65.9 cm³/mol. The van der Waals surface area contributed by atoms with Crippen molar-refractivity contribution in [2.45, 2.75) is 6.04 Å². The van der Waals surface area contributed by atoms with E-state index in [1.54, 1.807) is 13.2 Å². The second-order valence-corrected chi connectivity index (χ2v) is 4.11. The smallest absolute Gasteiger partial charge is 0.192 e. The predicted octanol–water partition coefficient (Wildman–Crippen LogP) is 0.849. The summed E-state index contributed by atoms with van der Waals surface area (Å²) in [6, 6.07) is 4.23. The van der Waals surface area contributed by atoms with Crippen molar-refractivity contribution in [2.75, 3.05) is 26.8 Å². The van der Waals surface area contributed by atoms with Gasteiger partial charge in [-0.1, -0.05) is 6.07 Å². The molecule has 0 amide bonds. The molecule has 98 valence electrons. The summed E-state index contributed by atoms with van der Waals surface area (Å²) in [6.07, 6.45) is 0. The Balaban J connectivity index is 2.19. The molecule has 1 aromatic carbocycles. The van der Waals surface area contributed by atoms with Gasteiger partial charge in [0.15, 0.2) is 17.5 Å². The molecular formula is C12H16FN3O2. The van der Waals surface area contributed by atoms with Gasteiger partial charge in [-0.05, 0) is 17.7 Å². The van der Waals surface area contributed by atoms with Gasteiger partial charge in [0.05, 0.1) is 19.2 Å². The molecule has 0 saturated carbocycles. The average Bonchev–Trinajstić information content (AvgIpc) is 2.72. The highest BCUT2D eigenvalue weighted by molar-refractivity contribution is 5.80. The minimum Gasteiger partial charge on any atom is -0.505 e. The molecule has 18 heavy (non-hydrogen) atoms. The van der Waals surface area contributed by atoms with Gasteiger partial charge in [0.2, 0.25) is 0 Å². The van der Waals surface area contributed by atoms with E-state index in [2.05, 4.69) is 4.99 Å². The fourth-order valence-electron chi connectivity index (χ4n) is 2.00. The Morgan fingerprint density at radius 2 is 2.39 bits per heavy atom. The van der Waals surface area contributed by atoms with Crippen molar-refractivity contribution in [2.24, 2.45) is 10.7 Å². The quantitative estimate of drug-likeness (QED) is 0.834. The molecule has 0 aromatic heterocycles. The van der Waals surface area contributed by atoms with E-state index in [9.17, 15) is 9.50 Å². The first-order chi connectivity index (χ1) is 8.63. The van der Waals surface area contributed by atoms with E-state index in [1.807, 2.05) is 4.90 Å². The number of halogens is 1.